The van der Waals surface area contributed by atoms with Gasteiger partial charge in [-0.25, -0.2) is 4.39 Å². The van der Waals surface area contributed by atoms with Crippen LogP contribution in [0.4, 0.5) is 4.39 Å². The zero-order chi connectivity index (χ0) is 13.8. The average Bonchev–Trinajstić information content (AvgIpc) is 2.42. The first kappa shape index (κ1) is 15.6. The fourth-order valence-electron chi connectivity index (χ4n) is 3.78. The fourth-order valence-corrected chi connectivity index (χ4v) is 4.22. The maximum Gasteiger partial charge on any atom is 0.122 e. The summed E-state index contributed by atoms with van der Waals surface area (Å²) in [6.45, 7) is 2.35. The molecule has 2 aliphatic carbocycles. The highest BCUT2D eigenvalue weighted by molar-refractivity contribution is 6.21. The van der Waals surface area contributed by atoms with Gasteiger partial charge in [0.2, 0.25) is 0 Å². The molecule has 4 atom stereocenters. The second-order valence-electron chi connectivity index (χ2n) is 6.70. The van der Waals surface area contributed by atoms with E-state index in [9.17, 15) is 4.39 Å². The predicted molar refractivity (Wildman–Crippen MR) is 78.4 cm³/mol. The van der Waals surface area contributed by atoms with Crippen molar-refractivity contribution in [1.29, 1.82) is 0 Å². The van der Waals surface area contributed by atoms with Gasteiger partial charge in [-0.05, 0) is 37.0 Å². The summed E-state index contributed by atoms with van der Waals surface area (Å²) >= 11 is 6.17. The first-order chi connectivity index (χ1) is 9.11. The Morgan fingerprint density at radius 1 is 1.05 bits per heavy atom. The van der Waals surface area contributed by atoms with Gasteiger partial charge in [0.1, 0.15) is 6.17 Å². The van der Waals surface area contributed by atoms with Gasteiger partial charge in [-0.3, -0.25) is 0 Å². The van der Waals surface area contributed by atoms with Gasteiger partial charge in [0.05, 0.1) is 11.5 Å². The van der Waals surface area contributed by atoms with E-state index in [1.54, 1.807) is 7.11 Å². The van der Waals surface area contributed by atoms with Crippen molar-refractivity contribution in [1.82, 2.24) is 0 Å². The van der Waals surface area contributed by atoms with Gasteiger partial charge in [0, 0.05) is 7.11 Å². The molecule has 0 aromatic rings. The molecule has 0 bridgehead atoms. The van der Waals surface area contributed by atoms with E-state index in [4.69, 9.17) is 16.3 Å². The molecule has 2 rings (SSSR count). The summed E-state index contributed by atoms with van der Waals surface area (Å²) in [6, 6.07) is 0. The van der Waals surface area contributed by atoms with Crippen molar-refractivity contribution in [3.05, 3.63) is 0 Å². The van der Waals surface area contributed by atoms with E-state index in [0.717, 1.165) is 31.1 Å². The van der Waals surface area contributed by atoms with Crippen molar-refractivity contribution in [2.24, 2.45) is 17.8 Å². The highest BCUT2D eigenvalue weighted by atomic mass is 35.5. The summed E-state index contributed by atoms with van der Waals surface area (Å²) < 4.78 is 19.5. The Hall–Kier alpha value is 0.180. The zero-order valence-electron chi connectivity index (χ0n) is 12.3. The molecular weight excluding hydrogens is 263 g/mol. The minimum atomic E-state index is -0.886. The molecule has 0 amide bonds. The largest absolute Gasteiger partial charge is 0.380 e. The minimum absolute atomic E-state index is 0.0940. The quantitative estimate of drug-likeness (QED) is 0.665. The molecule has 0 aromatic heterocycles. The number of methoxy groups -OCH3 is 1. The Morgan fingerprint density at radius 3 is 2.37 bits per heavy atom. The first-order valence-electron chi connectivity index (χ1n) is 7.92. The Labute approximate surface area is 122 Å². The molecule has 1 nitrogen and oxygen atoms in total. The molecule has 0 heterocycles. The normalized spacial score (nSPS) is 44.2. The fraction of sp³-hybridized carbons (Fsp3) is 1.00. The van der Waals surface area contributed by atoms with Crippen molar-refractivity contribution in [2.45, 2.75) is 75.9 Å². The highest BCUT2D eigenvalue weighted by Gasteiger charge is 2.38. The molecule has 2 aliphatic rings. The summed E-state index contributed by atoms with van der Waals surface area (Å²) in [7, 11) is 1.64. The van der Waals surface area contributed by atoms with Crippen molar-refractivity contribution in [3.8, 4) is 0 Å². The minimum Gasteiger partial charge on any atom is -0.380 e. The molecule has 0 aliphatic heterocycles. The number of halogens is 2. The van der Waals surface area contributed by atoms with E-state index in [-0.39, 0.29) is 12.0 Å². The van der Waals surface area contributed by atoms with Crippen molar-refractivity contribution < 1.29 is 9.13 Å². The molecule has 112 valence electrons. The van der Waals surface area contributed by atoms with Crippen molar-refractivity contribution in [2.75, 3.05) is 7.11 Å². The van der Waals surface area contributed by atoms with Crippen LogP contribution in [0.2, 0.25) is 0 Å². The third kappa shape index (κ3) is 4.07. The van der Waals surface area contributed by atoms with Crippen LogP contribution >= 0.6 is 11.6 Å². The molecule has 19 heavy (non-hydrogen) atoms. The van der Waals surface area contributed by atoms with Crippen LogP contribution in [-0.2, 0) is 4.74 Å². The molecule has 2 saturated carbocycles. The van der Waals surface area contributed by atoms with Crippen LogP contribution in [0, 0.1) is 17.8 Å². The monoisotopic (exact) mass is 290 g/mol. The predicted octanol–water partition coefficient (Wildman–Crippen LogP) is 4.96. The van der Waals surface area contributed by atoms with Crippen LogP contribution in [-0.4, -0.2) is 24.8 Å². The van der Waals surface area contributed by atoms with Crippen LogP contribution in [0.5, 0.6) is 0 Å². The molecule has 0 N–H and O–H groups in total. The molecule has 4 unspecified atom stereocenters. The number of alkyl halides is 2. The Bertz CT molecular complexity index is 265. The van der Waals surface area contributed by atoms with Gasteiger partial charge < -0.3 is 4.74 Å². The third-order valence-corrected chi connectivity index (χ3v) is 5.84. The van der Waals surface area contributed by atoms with Crippen molar-refractivity contribution in [3.63, 3.8) is 0 Å². The Kier molecular flexibility index (Phi) is 5.95. The molecule has 2 fully saturated rings. The smallest absolute Gasteiger partial charge is 0.122 e. The van der Waals surface area contributed by atoms with Crippen LogP contribution in [0.3, 0.4) is 0 Å². The maximum absolute atomic E-state index is 14.3. The lowest BCUT2D eigenvalue weighted by Gasteiger charge is -2.36. The molecular formula is C16H28ClFO. The summed E-state index contributed by atoms with van der Waals surface area (Å²) in [5.41, 5.74) is 0. The van der Waals surface area contributed by atoms with Gasteiger partial charge in [0.25, 0.3) is 0 Å². The summed E-state index contributed by atoms with van der Waals surface area (Å²) in [6.07, 6.45) is 8.48. The lowest BCUT2D eigenvalue weighted by molar-refractivity contribution is 0.0160. The lowest BCUT2D eigenvalue weighted by Crippen LogP contribution is -2.41. The molecule has 0 aromatic carbocycles. The molecule has 0 spiro atoms. The Balaban J connectivity index is 1.74. The van der Waals surface area contributed by atoms with Gasteiger partial charge in [-0.15, -0.1) is 11.6 Å². The Morgan fingerprint density at radius 2 is 1.74 bits per heavy atom. The summed E-state index contributed by atoms with van der Waals surface area (Å²) in [5.74, 6) is 1.89. The van der Waals surface area contributed by atoms with E-state index in [1.165, 1.54) is 32.1 Å². The lowest BCUT2D eigenvalue weighted by atomic mass is 9.76. The number of hydrogen-bond donors (Lipinski definition) is 0. The molecule has 0 radical (unpaired) electrons. The topological polar surface area (TPSA) is 9.23 Å². The van der Waals surface area contributed by atoms with E-state index < -0.39 is 11.5 Å². The second-order valence-corrected chi connectivity index (χ2v) is 7.21. The SMILES string of the molecule is COC1CCC(CCC2CCC(C)CC2)C(F)C1Cl. The van der Waals surface area contributed by atoms with Gasteiger partial charge in [0.15, 0.2) is 0 Å². The van der Waals surface area contributed by atoms with Crippen LogP contribution < -0.4 is 0 Å². The summed E-state index contributed by atoms with van der Waals surface area (Å²) in [4.78, 5) is 0. The van der Waals surface area contributed by atoms with E-state index in [2.05, 4.69) is 6.92 Å². The van der Waals surface area contributed by atoms with Crippen LogP contribution in [0.15, 0.2) is 0 Å². The molecule has 0 saturated heterocycles. The zero-order valence-corrected chi connectivity index (χ0v) is 13.0. The first-order valence-corrected chi connectivity index (χ1v) is 8.36. The maximum atomic E-state index is 14.3. The van der Waals surface area contributed by atoms with Crippen molar-refractivity contribution >= 4 is 11.6 Å². The standard InChI is InChI=1S/C16H28ClFO/c1-11-3-5-12(6-4-11)7-8-13-9-10-14(19-2)15(17)16(13)18/h11-16H,3-10H2,1-2H3. The number of ether oxygens (including phenoxy) is 1. The van der Waals surface area contributed by atoms with Crippen LogP contribution in [0.1, 0.15) is 58.3 Å². The van der Waals surface area contributed by atoms with E-state index >= 15 is 0 Å². The second kappa shape index (κ2) is 7.26. The van der Waals surface area contributed by atoms with Gasteiger partial charge in [-0.1, -0.05) is 39.0 Å². The van der Waals surface area contributed by atoms with Gasteiger partial charge >= 0.3 is 0 Å². The average molecular weight is 291 g/mol. The van der Waals surface area contributed by atoms with Crippen LogP contribution in [0.25, 0.3) is 0 Å². The van der Waals surface area contributed by atoms with E-state index in [1.807, 2.05) is 0 Å². The van der Waals surface area contributed by atoms with Gasteiger partial charge in [-0.2, -0.15) is 0 Å². The summed E-state index contributed by atoms with van der Waals surface area (Å²) in [5, 5.41) is -0.449. The number of rotatable bonds is 4. The molecule has 3 heteroatoms. The third-order valence-electron chi connectivity index (χ3n) is 5.32. The van der Waals surface area contributed by atoms with E-state index in [0.29, 0.717) is 0 Å². The highest BCUT2D eigenvalue weighted by Crippen LogP contribution is 2.38. The number of hydrogen-bond acceptors (Lipinski definition) is 1.